The van der Waals surface area contributed by atoms with Crippen LogP contribution in [0.3, 0.4) is 0 Å². The van der Waals surface area contributed by atoms with E-state index in [1.165, 1.54) is 38.2 Å². The van der Waals surface area contributed by atoms with Crippen molar-refractivity contribution >= 4 is 27.0 Å². The van der Waals surface area contributed by atoms with Crippen LogP contribution in [0.5, 0.6) is 5.75 Å². The lowest BCUT2D eigenvalue weighted by Crippen LogP contribution is -2.61. The van der Waals surface area contributed by atoms with Crippen LogP contribution in [0.1, 0.15) is 103 Å². The Morgan fingerprint density at radius 1 is 0.902 bits per heavy atom. The second-order valence-electron chi connectivity index (χ2n) is 14.5. The maximum Gasteiger partial charge on any atom is 0.232 e. The Morgan fingerprint density at radius 2 is 1.49 bits per heavy atom. The zero-order valence-electron chi connectivity index (χ0n) is 27.0. The number of hydrogen-bond acceptors (Lipinski definition) is 5. The Kier molecular flexibility index (Phi) is 7.24. The summed E-state index contributed by atoms with van der Waals surface area (Å²) >= 11 is 0. The van der Waals surface area contributed by atoms with E-state index < -0.39 is 22.4 Å². The van der Waals surface area contributed by atoms with Crippen LogP contribution in [0.15, 0.2) is 24.3 Å². The number of fused-ring (bicyclic) bond motifs is 5. The zero-order chi connectivity index (χ0) is 29.6. The van der Waals surface area contributed by atoms with Crippen LogP contribution >= 0.6 is 0 Å². The molecule has 0 aromatic heterocycles. The van der Waals surface area contributed by atoms with E-state index >= 15 is 0 Å². The lowest BCUT2D eigenvalue weighted by molar-refractivity contribution is -0.317. The lowest BCUT2D eigenvalue weighted by atomic mass is 9.82. The molecular formula is C34H50O5Si2. The maximum absolute atomic E-state index is 7.62. The van der Waals surface area contributed by atoms with E-state index in [4.69, 9.17) is 23.1 Å². The molecule has 3 aliphatic heterocycles. The van der Waals surface area contributed by atoms with Crippen molar-refractivity contribution in [1.29, 1.82) is 0 Å². The molecule has 4 aliphatic rings. The highest BCUT2D eigenvalue weighted by atomic mass is 28.4. The molecule has 6 rings (SSSR count). The number of rotatable bonds is 6. The van der Waals surface area contributed by atoms with Crippen LogP contribution in [0.4, 0.5) is 0 Å². The van der Waals surface area contributed by atoms with Gasteiger partial charge < -0.3 is 23.1 Å². The van der Waals surface area contributed by atoms with Crippen LogP contribution in [0, 0.1) is 0 Å². The summed E-state index contributed by atoms with van der Waals surface area (Å²) in [4.78, 5) is 0. The van der Waals surface area contributed by atoms with Crippen molar-refractivity contribution in [1.82, 2.24) is 0 Å². The fourth-order valence-corrected chi connectivity index (χ4v) is 19.1. The third-order valence-electron chi connectivity index (χ3n) is 10.7. The van der Waals surface area contributed by atoms with Crippen molar-refractivity contribution in [2.45, 2.75) is 128 Å². The van der Waals surface area contributed by atoms with Gasteiger partial charge in [-0.2, -0.15) is 0 Å². The summed E-state index contributed by atoms with van der Waals surface area (Å²) in [5.74, 6) is 0.383. The summed E-state index contributed by atoms with van der Waals surface area (Å²) in [6, 6.07) is 9.03. The standard InChI is InChI=1S/C34H50O5Si2/c1-19(2)40(35-11,20(3)4)33-26-17-24-15-13-12-14-23(24)16-25(26)32-28-30(39-41(32,21(5)6)22(7)8)29-27(37-31(28)33)18-36-34(9,10)38-29/h12-15,19-22,27,29-30H,16-18H2,1-11H3/t27-,29?,30+/m0/s1. The first-order chi connectivity index (χ1) is 19.3. The van der Waals surface area contributed by atoms with E-state index in [0.29, 0.717) is 28.8 Å². The fourth-order valence-electron chi connectivity index (χ4n) is 8.99. The average molecular weight is 595 g/mol. The Bertz CT molecular complexity index is 1330. The summed E-state index contributed by atoms with van der Waals surface area (Å²) in [5.41, 5.74) is 8.71. The lowest BCUT2D eigenvalue weighted by Gasteiger charge is -2.48. The molecule has 0 N–H and O–H groups in total. The summed E-state index contributed by atoms with van der Waals surface area (Å²) in [6.45, 7) is 23.5. The smallest absolute Gasteiger partial charge is 0.232 e. The van der Waals surface area contributed by atoms with Crippen molar-refractivity contribution in [3.8, 4) is 5.75 Å². The molecule has 1 fully saturated rings. The van der Waals surface area contributed by atoms with Gasteiger partial charge in [0, 0.05) is 17.9 Å². The molecule has 0 bridgehead atoms. The van der Waals surface area contributed by atoms with Crippen molar-refractivity contribution in [2.24, 2.45) is 0 Å². The molecule has 7 heteroatoms. The fraction of sp³-hybridized carbons (Fsp3) is 0.647. The van der Waals surface area contributed by atoms with Gasteiger partial charge in [0.15, 0.2) is 11.9 Å². The molecular weight excluding hydrogens is 545 g/mol. The van der Waals surface area contributed by atoms with Crippen LogP contribution in [-0.2, 0) is 31.2 Å². The van der Waals surface area contributed by atoms with Gasteiger partial charge in [-0.05, 0) is 76.3 Å². The van der Waals surface area contributed by atoms with E-state index in [-0.39, 0.29) is 18.3 Å². The second-order valence-corrected chi connectivity index (χ2v) is 23.9. The molecule has 0 amide bonds. The first kappa shape index (κ1) is 29.6. The quantitative estimate of drug-likeness (QED) is 0.295. The highest BCUT2D eigenvalue weighted by molar-refractivity contribution is 6.92. The Balaban J connectivity index is 1.75. The molecule has 1 saturated heterocycles. The Morgan fingerprint density at radius 3 is 2.02 bits per heavy atom. The molecule has 5 nitrogen and oxygen atoms in total. The molecule has 0 radical (unpaired) electrons. The first-order valence-electron chi connectivity index (χ1n) is 15.8. The zero-order valence-corrected chi connectivity index (χ0v) is 29.0. The number of benzene rings is 2. The van der Waals surface area contributed by atoms with E-state index in [2.05, 4.69) is 79.7 Å². The minimum absolute atomic E-state index is 0.150. The number of hydrogen-bond donors (Lipinski definition) is 0. The van der Waals surface area contributed by atoms with Crippen molar-refractivity contribution in [3.63, 3.8) is 0 Å². The highest BCUT2D eigenvalue weighted by Crippen LogP contribution is 2.55. The monoisotopic (exact) mass is 594 g/mol. The topological polar surface area (TPSA) is 46.2 Å². The number of ether oxygens (including phenoxy) is 3. The van der Waals surface area contributed by atoms with E-state index in [1.54, 1.807) is 0 Å². The van der Waals surface area contributed by atoms with Gasteiger partial charge in [0.1, 0.15) is 18.0 Å². The van der Waals surface area contributed by atoms with Gasteiger partial charge >= 0.3 is 0 Å². The molecule has 0 spiro atoms. The average Bonchev–Trinajstić information content (AvgIpc) is 3.28. The highest BCUT2D eigenvalue weighted by Gasteiger charge is 2.63. The van der Waals surface area contributed by atoms with Crippen molar-refractivity contribution in [3.05, 3.63) is 52.1 Å². The van der Waals surface area contributed by atoms with Gasteiger partial charge in [-0.15, -0.1) is 0 Å². The van der Waals surface area contributed by atoms with Gasteiger partial charge in [-0.25, -0.2) is 0 Å². The van der Waals surface area contributed by atoms with E-state index in [0.717, 1.165) is 18.6 Å². The molecule has 41 heavy (non-hydrogen) atoms. The molecule has 1 unspecified atom stereocenters. The molecule has 2 aromatic rings. The van der Waals surface area contributed by atoms with Gasteiger partial charge in [0.25, 0.3) is 0 Å². The predicted molar refractivity (Wildman–Crippen MR) is 170 cm³/mol. The van der Waals surface area contributed by atoms with Gasteiger partial charge in [-0.3, -0.25) is 0 Å². The maximum atomic E-state index is 7.62. The van der Waals surface area contributed by atoms with E-state index in [9.17, 15) is 0 Å². The minimum atomic E-state index is -2.54. The molecule has 0 saturated carbocycles. The van der Waals surface area contributed by atoms with Crippen LogP contribution in [-0.4, -0.2) is 48.3 Å². The van der Waals surface area contributed by atoms with Gasteiger partial charge in [0.2, 0.25) is 16.6 Å². The molecule has 2 aromatic carbocycles. The minimum Gasteiger partial charge on any atom is -0.485 e. The summed E-state index contributed by atoms with van der Waals surface area (Å²) in [6.07, 6.45) is 1.30. The summed E-state index contributed by atoms with van der Waals surface area (Å²) in [7, 11) is -3.07. The second kappa shape index (κ2) is 10.0. The van der Waals surface area contributed by atoms with E-state index in [1.807, 2.05) is 21.0 Å². The molecule has 3 heterocycles. The van der Waals surface area contributed by atoms with Crippen LogP contribution in [0.25, 0.3) is 0 Å². The van der Waals surface area contributed by atoms with Crippen molar-refractivity contribution < 1.29 is 23.1 Å². The van der Waals surface area contributed by atoms with Crippen molar-refractivity contribution in [2.75, 3.05) is 13.7 Å². The Hall–Kier alpha value is -1.49. The third kappa shape index (κ3) is 4.06. The Labute approximate surface area is 249 Å². The summed E-state index contributed by atoms with van der Waals surface area (Å²) < 4.78 is 34.6. The normalized spacial score (nSPS) is 25.7. The predicted octanol–water partition coefficient (Wildman–Crippen LogP) is 6.76. The first-order valence-corrected chi connectivity index (χ1v) is 19.9. The SMILES string of the molecule is CO[Si](c1c2c(c3c4c1O[C@H]1COC(C)(C)OC1[C@@H]4O[Si]3(C(C)C)C(C)C)Cc1ccccc1C2)(C(C)C)C(C)C. The third-order valence-corrected chi connectivity index (χ3v) is 21.5. The van der Waals surface area contributed by atoms with Crippen LogP contribution in [0.2, 0.25) is 22.2 Å². The molecule has 1 aliphatic carbocycles. The van der Waals surface area contributed by atoms with Gasteiger partial charge in [-0.1, -0.05) is 79.7 Å². The molecule has 224 valence electrons. The van der Waals surface area contributed by atoms with Crippen LogP contribution < -0.4 is 15.1 Å². The summed E-state index contributed by atoms with van der Waals surface area (Å²) in [5, 5.41) is 2.89. The molecule has 3 atom stereocenters. The largest absolute Gasteiger partial charge is 0.485 e. The van der Waals surface area contributed by atoms with Gasteiger partial charge in [0.05, 0.1) is 6.61 Å².